The van der Waals surface area contributed by atoms with E-state index < -0.39 is 12.1 Å². The number of carbonyl (C=O) groups excluding carboxylic acids is 3. The molecule has 1 aromatic carbocycles. The van der Waals surface area contributed by atoms with E-state index in [1.165, 1.54) is 0 Å². The van der Waals surface area contributed by atoms with Gasteiger partial charge in [-0.1, -0.05) is 18.2 Å². The van der Waals surface area contributed by atoms with Crippen molar-refractivity contribution < 1.29 is 14.4 Å². The van der Waals surface area contributed by atoms with Crippen molar-refractivity contribution in [2.75, 3.05) is 6.54 Å². The minimum Gasteiger partial charge on any atom is -0.361 e. The molecule has 3 aromatic rings. The van der Waals surface area contributed by atoms with Crippen LogP contribution in [0.15, 0.2) is 48.8 Å². The molecular formula is C19H18N4O3. The van der Waals surface area contributed by atoms with Crippen molar-refractivity contribution in [3.8, 4) is 0 Å². The van der Waals surface area contributed by atoms with Crippen LogP contribution in [0.4, 0.5) is 4.79 Å². The van der Waals surface area contributed by atoms with Crippen molar-refractivity contribution in [1.82, 2.24) is 19.8 Å². The SMILES string of the molecule is Cn1cccc1C(=O)CN1C(=O)N[C@H](Cc2c[nH]c3ccccc23)C1=O. The van der Waals surface area contributed by atoms with Gasteiger partial charge < -0.3 is 14.9 Å². The molecule has 2 N–H and O–H groups in total. The zero-order valence-corrected chi connectivity index (χ0v) is 14.2. The van der Waals surface area contributed by atoms with Crippen molar-refractivity contribution in [2.24, 2.45) is 7.05 Å². The van der Waals surface area contributed by atoms with Crippen molar-refractivity contribution in [2.45, 2.75) is 12.5 Å². The highest BCUT2D eigenvalue weighted by Gasteiger charge is 2.39. The second-order valence-corrected chi connectivity index (χ2v) is 6.42. The Balaban J connectivity index is 1.50. The van der Waals surface area contributed by atoms with Crippen LogP contribution >= 0.6 is 0 Å². The summed E-state index contributed by atoms with van der Waals surface area (Å²) in [7, 11) is 1.75. The van der Waals surface area contributed by atoms with E-state index in [0.29, 0.717) is 12.1 Å². The van der Waals surface area contributed by atoms with E-state index >= 15 is 0 Å². The first-order valence-electron chi connectivity index (χ1n) is 8.36. The summed E-state index contributed by atoms with van der Waals surface area (Å²) in [5.74, 6) is -0.642. The second-order valence-electron chi connectivity index (χ2n) is 6.42. The highest BCUT2D eigenvalue weighted by atomic mass is 16.2. The molecule has 3 amide bonds. The Morgan fingerprint density at radius 3 is 2.73 bits per heavy atom. The normalized spacial score (nSPS) is 17.1. The number of hydrogen-bond donors (Lipinski definition) is 2. The van der Waals surface area contributed by atoms with E-state index in [1.54, 1.807) is 29.9 Å². The van der Waals surface area contributed by atoms with E-state index in [-0.39, 0.29) is 18.2 Å². The molecule has 2 aromatic heterocycles. The molecule has 132 valence electrons. The number of carbonyl (C=O) groups is 3. The molecule has 1 atom stereocenters. The Hall–Kier alpha value is -3.35. The molecule has 1 aliphatic rings. The van der Waals surface area contributed by atoms with Gasteiger partial charge in [-0.15, -0.1) is 0 Å². The number of urea groups is 1. The lowest BCUT2D eigenvalue weighted by Gasteiger charge is -2.12. The van der Waals surface area contributed by atoms with Crippen LogP contribution in [0.25, 0.3) is 10.9 Å². The van der Waals surface area contributed by atoms with E-state index in [4.69, 9.17) is 0 Å². The number of aromatic nitrogens is 2. The number of nitrogens with one attached hydrogen (secondary N) is 2. The fourth-order valence-electron chi connectivity index (χ4n) is 3.36. The van der Waals surface area contributed by atoms with Crippen LogP contribution in [-0.2, 0) is 18.3 Å². The van der Waals surface area contributed by atoms with Gasteiger partial charge in [0.05, 0.1) is 12.2 Å². The third kappa shape index (κ3) is 2.67. The van der Waals surface area contributed by atoms with E-state index in [0.717, 1.165) is 21.4 Å². The highest BCUT2D eigenvalue weighted by molar-refractivity contribution is 6.09. The van der Waals surface area contributed by atoms with Crippen LogP contribution in [0.1, 0.15) is 16.1 Å². The number of amides is 3. The number of H-pyrrole nitrogens is 1. The zero-order valence-electron chi connectivity index (χ0n) is 14.2. The number of benzene rings is 1. The lowest BCUT2D eigenvalue weighted by Crippen LogP contribution is -2.37. The van der Waals surface area contributed by atoms with E-state index in [1.807, 2.05) is 30.5 Å². The summed E-state index contributed by atoms with van der Waals surface area (Å²) in [6, 6.07) is 10.0. The van der Waals surface area contributed by atoms with Gasteiger partial charge in [0, 0.05) is 36.8 Å². The largest absolute Gasteiger partial charge is 0.361 e. The molecule has 7 heteroatoms. The number of rotatable bonds is 5. The summed E-state index contributed by atoms with van der Waals surface area (Å²) < 4.78 is 1.67. The van der Waals surface area contributed by atoms with Crippen molar-refractivity contribution in [3.63, 3.8) is 0 Å². The highest BCUT2D eigenvalue weighted by Crippen LogP contribution is 2.21. The summed E-state index contributed by atoms with van der Waals surface area (Å²) in [6.45, 7) is -0.257. The Bertz CT molecular complexity index is 1020. The molecule has 0 bridgehead atoms. The lowest BCUT2D eigenvalue weighted by atomic mass is 10.1. The molecule has 0 unspecified atom stereocenters. The molecule has 4 rings (SSSR count). The van der Waals surface area contributed by atoms with Gasteiger partial charge >= 0.3 is 6.03 Å². The average molecular weight is 350 g/mol. The van der Waals surface area contributed by atoms with Crippen LogP contribution < -0.4 is 5.32 Å². The molecule has 1 aliphatic heterocycles. The maximum atomic E-state index is 12.6. The van der Waals surface area contributed by atoms with Crippen LogP contribution in [0.5, 0.6) is 0 Å². The topological polar surface area (TPSA) is 87.2 Å². The molecule has 7 nitrogen and oxygen atoms in total. The number of nitrogens with zero attached hydrogens (tertiary/aromatic N) is 2. The molecule has 3 heterocycles. The Labute approximate surface area is 149 Å². The standard InChI is InChI=1S/C19H18N4O3/c1-22-8-4-7-16(22)17(24)11-23-18(25)15(21-19(23)26)9-12-10-20-14-6-3-2-5-13(12)14/h2-8,10,15,20H,9,11H2,1H3,(H,21,26)/t15-/m1/s1. The van der Waals surface area contributed by atoms with Crippen molar-refractivity contribution in [3.05, 3.63) is 60.0 Å². The Kier molecular flexibility index (Phi) is 3.84. The molecule has 0 saturated carbocycles. The number of imide groups is 1. The van der Waals surface area contributed by atoms with Gasteiger partial charge in [0.1, 0.15) is 6.04 Å². The van der Waals surface area contributed by atoms with E-state index in [9.17, 15) is 14.4 Å². The van der Waals surface area contributed by atoms with Gasteiger partial charge in [0.25, 0.3) is 5.91 Å². The van der Waals surface area contributed by atoms with Crippen LogP contribution in [0.2, 0.25) is 0 Å². The zero-order chi connectivity index (χ0) is 18.3. The number of fused-ring (bicyclic) bond motifs is 1. The molecule has 0 radical (unpaired) electrons. The number of para-hydroxylation sites is 1. The van der Waals surface area contributed by atoms with Crippen LogP contribution in [-0.4, -0.2) is 44.8 Å². The van der Waals surface area contributed by atoms with Gasteiger partial charge in [-0.05, 0) is 23.8 Å². The number of hydrogen-bond acceptors (Lipinski definition) is 3. The van der Waals surface area contributed by atoms with Crippen molar-refractivity contribution >= 4 is 28.6 Å². The van der Waals surface area contributed by atoms with Gasteiger partial charge in [-0.3, -0.25) is 14.5 Å². The molecule has 26 heavy (non-hydrogen) atoms. The average Bonchev–Trinajstić information content (AvgIpc) is 3.30. The molecule has 0 aliphatic carbocycles. The summed E-state index contributed by atoms with van der Waals surface area (Å²) >= 11 is 0. The predicted molar refractivity (Wildman–Crippen MR) is 95.8 cm³/mol. The predicted octanol–water partition coefficient (Wildman–Crippen LogP) is 1.85. The summed E-state index contributed by atoms with van der Waals surface area (Å²) in [5, 5.41) is 3.71. The van der Waals surface area contributed by atoms with E-state index in [2.05, 4.69) is 10.3 Å². The molecule has 0 spiro atoms. The van der Waals surface area contributed by atoms with Gasteiger partial charge in [-0.25, -0.2) is 4.79 Å². The first-order chi connectivity index (χ1) is 12.5. The maximum absolute atomic E-state index is 12.6. The fraction of sp³-hybridized carbons (Fsp3) is 0.211. The second kappa shape index (κ2) is 6.18. The number of Topliss-reactive ketones (excluding diaryl/α,β-unsaturated/α-hetero) is 1. The van der Waals surface area contributed by atoms with Crippen molar-refractivity contribution in [1.29, 1.82) is 0 Å². The third-order valence-electron chi connectivity index (χ3n) is 4.74. The Morgan fingerprint density at radius 1 is 1.15 bits per heavy atom. The molecule has 1 fully saturated rings. The third-order valence-corrected chi connectivity index (χ3v) is 4.74. The quantitative estimate of drug-likeness (QED) is 0.544. The minimum absolute atomic E-state index is 0.257. The smallest absolute Gasteiger partial charge is 0.325 e. The fourth-order valence-corrected chi connectivity index (χ4v) is 3.36. The monoisotopic (exact) mass is 350 g/mol. The number of aryl methyl sites for hydroxylation is 1. The van der Waals surface area contributed by atoms with Gasteiger partial charge in [0.2, 0.25) is 0 Å². The van der Waals surface area contributed by atoms with Gasteiger partial charge in [-0.2, -0.15) is 0 Å². The maximum Gasteiger partial charge on any atom is 0.325 e. The lowest BCUT2D eigenvalue weighted by molar-refractivity contribution is -0.127. The van der Waals surface area contributed by atoms with Gasteiger partial charge in [0.15, 0.2) is 5.78 Å². The number of aromatic amines is 1. The first kappa shape index (κ1) is 16.1. The Morgan fingerprint density at radius 2 is 1.96 bits per heavy atom. The summed E-state index contributed by atoms with van der Waals surface area (Å²) in [6.07, 6.45) is 3.98. The molecule has 1 saturated heterocycles. The van der Waals surface area contributed by atoms with Crippen LogP contribution in [0.3, 0.4) is 0 Å². The summed E-state index contributed by atoms with van der Waals surface area (Å²) in [5.41, 5.74) is 2.40. The first-order valence-corrected chi connectivity index (χ1v) is 8.36. The minimum atomic E-state index is -0.664. The van der Waals surface area contributed by atoms with Crippen LogP contribution in [0, 0.1) is 0 Å². The molecular weight excluding hydrogens is 332 g/mol. The number of ketones is 1. The summed E-state index contributed by atoms with van der Waals surface area (Å²) in [4.78, 5) is 41.4.